The lowest BCUT2D eigenvalue weighted by Crippen LogP contribution is -2.42. The number of hydrogen-bond acceptors (Lipinski definition) is 4. The SMILES string of the molecule is Cc1ccc(C(=O)N(CCO)CC2CCCN2)cn1. The van der Waals surface area contributed by atoms with Crippen molar-refractivity contribution in [2.75, 3.05) is 26.2 Å². The van der Waals surface area contributed by atoms with Crippen LogP contribution in [0.5, 0.6) is 0 Å². The number of aryl methyl sites for hydroxylation is 1. The Balaban J connectivity index is 2.04. The predicted molar refractivity (Wildman–Crippen MR) is 73.0 cm³/mol. The van der Waals surface area contributed by atoms with E-state index in [1.54, 1.807) is 17.2 Å². The molecule has 1 amide bonds. The summed E-state index contributed by atoms with van der Waals surface area (Å²) in [5, 5.41) is 12.5. The van der Waals surface area contributed by atoms with Gasteiger partial charge in [0.15, 0.2) is 0 Å². The highest BCUT2D eigenvalue weighted by Gasteiger charge is 2.22. The third-order valence-electron chi connectivity index (χ3n) is 3.42. The van der Waals surface area contributed by atoms with Crippen LogP contribution in [0.2, 0.25) is 0 Å². The highest BCUT2D eigenvalue weighted by molar-refractivity contribution is 5.93. The molecule has 0 saturated carbocycles. The fraction of sp³-hybridized carbons (Fsp3) is 0.571. The Kier molecular flexibility index (Phi) is 4.87. The fourth-order valence-electron chi connectivity index (χ4n) is 2.35. The molecule has 0 aromatic carbocycles. The summed E-state index contributed by atoms with van der Waals surface area (Å²) in [7, 11) is 0. The summed E-state index contributed by atoms with van der Waals surface area (Å²) in [5.41, 5.74) is 1.47. The van der Waals surface area contributed by atoms with Crippen LogP contribution >= 0.6 is 0 Å². The number of nitrogens with zero attached hydrogens (tertiary/aromatic N) is 2. The molecule has 0 spiro atoms. The van der Waals surface area contributed by atoms with Gasteiger partial charge in [-0.25, -0.2) is 0 Å². The van der Waals surface area contributed by atoms with Crippen molar-refractivity contribution in [3.05, 3.63) is 29.6 Å². The molecular weight excluding hydrogens is 242 g/mol. The van der Waals surface area contributed by atoms with Gasteiger partial charge < -0.3 is 15.3 Å². The van der Waals surface area contributed by atoms with Crippen molar-refractivity contribution in [3.63, 3.8) is 0 Å². The van der Waals surface area contributed by atoms with E-state index in [4.69, 9.17) is 5.11 Å². The zero-order valence-corrected chi connectivity index (χ0v) is 11.3. The number of rotatable bonds is 5. The van der Waals surface area contributed by atoms with Gasteiger partial charge in [0.05, 0.1) is 12.2 Å². The van der Waals surface area contributed by atoms with E-state index in [1.807, 2.05) is 13.0 Å². The van der Waals surface area contributed by atoms with E-state index >= 15 is 0 Å². The number of aliphatic hydroxyl groups is 1. The average Bonchev–Trinajstić information content (AvgIpc) is 2.91. The summed E-state index contributed by atoms with van der Waals surface area (Å²) < 4.78 is 0. The zero-order chi connectivity index (χ0) is 13.7. The first-order chi connectivity index (χ1) is 9.20. The molecule has 5 nitrogen and oxygen atoms in total. The Morgan fingerprint density at radius 1 is 1.58 bits per heavy atom. The summed E-state index contributed by atoms with van der Waals surface area (Å²) in [6.45, 7) is 3.90. The maximum Gasteiger partial charge on any atom is 0.255 e. The van der Waals surface area contributed by atoms with E-state index in [-0.39, 0.29) is 12.5 Å². The lowest BCUT2D eigenvalue weighted by Gasteiger charge is -2.25. The van der Waals surface area contributed by atoms with E-state index in [0.717, 1.165) is 25.1 Å². The molecule has 0 aliphatic carbocycles. The van der Waals surface area contributed by atoms with Crippen LogP contribution in [0.4, 0.5) is 0 Å². The average molecular weight is 263 g/mol. The summed E-state index contributed by atoms with van der Waals surface area (Å²) in [4.78, 5) is 18.2. The minimum absolute atomic E-state index is 0.0161. The van der Waals surface area contributed by atoms with Gasteiger partial charge in [0.2, 0.25) is 0 Å². The van der Waals surface area contributed by atoms with Crippen LogP contribution in [0.3, 0.4) is 0 Å². The van der Waals surface area contributed by atoms with Gasteiger partial charge in [-0.15, -0.1) is 0 Å². The summed E-state index contributed by atoms with van der Waals surface area (Å²) in [6, 6.07) is 3.96. The van der Waals surface area contributed by atoms with Crippen molar-refractivity contribution >= 4 is 5.91 Å². The van der Waals surface area contributed by atoms with Gasteiger partial charge in [0.1, 0.15) is 0 Å². The monoisotopic (exact) mass is 263 g/mol. The van der Waals surface area contributed by atoms with Crippen LogP contribution in [0.1, 0.15) is 28.9 Å². The van der Waals surface area contributed by atoms with Crippen LogP contribution in [-0.2, 0) is 0 Å². The molecule has 1 atom stereocenters. The van der Waals surface area contributed by atoms with Crippen molar-refractivity contribution in [2.45, 2.75) is 25.8 Å². The number of pyridine rings is 1. The summed E-state index contributed by atoms with van der Waals surface area (Å²) in [5.74, 6) is -0.0600. The van der Waals surface area contributed by atoms with Crippen molar-refractivity contribution in [3.8, 4) is 0 Å². The third-order valence-corrected chi connectivity index (χ3v) is 3.42. The lowest BCUT2D eigenvalue weighted by atomic mass is 10.2. The predicted octanol–water partition coefficient (Wildman–Crippen LogP) is 0.577. The van der Waals surface area contributed by atoms with Gasteiger partial charge in [-0.1, -0.05) is 0 Å². The normalized spacial score (nSPS) is 18.5. The molecule has 2 heterocycles. The second-order valence-corrected chi connectivity index (χ2v) is 4.96. The van der Waals surface area contributed by atoms with Crippen LogP contribution < -0.4 is 5.32 Å². The van der Waals surface area contributed by atoms with E-state index in [2.05, 4.69) is 10.3 Å². The number of carbonyl (C=O) groups is 1. The molecule has 2 N–H and O–H groups in total. The van der Waals surface area contributed by atoms with E-state index < -0.39 is 0 Å². The van der Waals surface area contributed by atoms with Gasteiger partial charge in [0.25, 0.3) is 5.91 Å². The van der Waals surface area contributed by atoms with Crippen LogP contribution in [0.15, 0.2) is 18.3 Å². The maximum absolute atomic E-state index is 12.4. The molecule has 1 fully saturated rings. The molecule has 1 aromatic heterocycles. The minimum Gasteiger partial charge on any atom is -0.395 e. The third kappa shape index (κ3) is 3.75. The topological polar surface area (TPSA) is 65.5 Å². The van der Waals surface area contributed by atoms with Crippen molar-refractivity contribution in [1.82, 2.24) is 15.2 Å². The second kappa shape index (κ2) is 6.63. The number of hydrogen-bond donors (Lipinski definition) is 2. The molecule has 1 aliphatic heterocycles. The molecular formula is C14H21N3O2. The first-order valence-electron chi connectivity index (χ1n) is 6.77. The number of aromatic nitrogens is 1. The number of aliphatic hydroxyl groups excluding tert-OH is 1. The zero-order valence-electron chi connectivity index (χ0n) is 11.3. The molecule has 19 heavy (non-hydrogen) atoms. The van der Waals surface area contributed by atoms with Gasteiger partial charge >= 0.3 is 0 Å². The fourth-order valence-corrected chi connectivity index (χ4v) is 2.35. The Morgan fingerprint density at radius 3 is 3.00 bits per heavy atom. The highest BCUT2D eigenvalue weighted by Crippen LogP contribution is 2.10. The Hall–Kier alpha value is -1.46. The molecule has 1 unspecified atom stereocenters. The largest absolute Gasteiger partial charge is 0.395 e. The molecule has 1 saturated heterocycles. The van der Waals surface area contributed by atoms with E-state index in [1.165, 1.54) is 0 Å². The van der Waals surface area contributed by atoms with Gasteiger partial charge in [-0.3, -0.25) is 9.78 Å². The van der Waals surface area contributed by atoms with E-state index in [9.17, 15) is 4.79 Å². The van der Waals surface area contributed by atoms with Gasteiger partial charge in [-0.2, -0.15) is 0 Å². The first-order valence-corrected chi connectivity index (χ1v) is 6.77. The quantitative estimate of drug-likeness (QED) is 0.815. The van der Waals surface area contributed by atoms with Gasteiger partial charge in [0, 0.05) is 31.0 Å². The van der Waals surface area contributed by atoms with Crippen LogP contribution in [-0.4, -0.2) is 53.2 Å². The summed E-state index contributed by atoms with van der Waals surface area (Å²) >= 11 is 0. The molecule has 2 rings (SSSR count). The summed E-state index contributed by atoms with van der Waals surface area (Å²) in [6.07, 6.45) is 3.84. The molecule has 0 bridgehead atoms. The van der Waals surface area contributed by atoms with Crippen molar-refractivity contribution in [2.24, 2.45) is 0 Å². The first kappa shape index (κ1) is 14.0. The van der Waals surface area contributed by atoms with E-state index in [0.29, 0.717) is 24.7 Å². The van der Waals surface area contributed by atoms with Crippen molar-refractivity contribution < 1.29 is 9.90 Å². The molecule has 5 heteroatoms. The Morgan fingerprint density at radius 2 is 2.42 bits per heavy atom. The molecule has 1 aromatic rings. The number of amides is 1. The molecule has 104 valence electrons. The van der Waals surface area contributed by atoms with Crippen LogP contribution in [0.25, 0.3) is 0 Å². The Bertz CT molecular complexity index is 413. The molecule has 1 aliphatic rings. The number of carbonyl (C=O) groups excluding carboxylic acids is 1. The minimum atomic E-state index is -0.0600. The smallest absolute Gasteiger partial charge is 0.255 e. The second-order valence-electron chi connectivity index (χ2n) is 4.96. The van der Waals surface area contributed by atoms with Crippen LogP contribution in [0, 0.1) is 6.92 Å². The number of nitrogens with one attached hydrogen (secondary N) is 1. The highest BCUT2D eigenvalue weighted by atomic mass is 16.3. The standard InChI is InChI=1S/C14H21N3O2/c1-11-4-5-12(9-16-11)14(19)17(7-8-18)10-13-3-2-6-15-13/h4-5,9,13,15,18H,2-3,6-8,10H2,1H3. The Labute approximate surface area is 113 Å². The lowest BCUT2D eigenvalue weighted by molar-refractivity contribution is 0.0706. The molecule has 0 radical (unpaired) electrons. The van der Waals surface area contributed by atoms with Gasteiger partial charge in [-0.05, 0) is 38.4 Å². The maximum atomic E-state index is 12.4. The van der Waals surface area contributed by atoms with Crippen molar-refractivity contribution in [1.29, 1.82) is 0 Å².